The maximum absolute atomic E-state index is 10.4. The zero-order valence-electron chi connectivity index (χ0n) is 11.5. The summed E-state index contributed by atoms with van der Waals surface area (Å²) in [6.45, 7) is 7.21. The Bertz CT molecular complexity index is 283. The Morgan fingerprint density at radius 1 is 1.28 bits per heavy atom. The van der Waals surface area contributed by atoms with Gasteiger partial charge in [-0.2, -0.15) is 0 Å². The molecule has 0 spiro atoms. The Labute approximate surface area is 110 Å². The van der Waals surface area contributed by atoms with Gasteiger partial charge < -0.3 is 5.11 Å². The summed E-state index contributed by atoms with van der Waals surface area (Å²) in [7, 11) is 0. The van der Waals surface area contributed by atoms with Crippen LogP contribution in [-0.2, 0) is 4.79 Å². The molecule has 0 amide bonds. The zero-order valence-corrected chi connectivity index (χ0v) is 11.5. The lowest BCUT2D eigenvalue weighted by molar-refractivity contribution is -0.137. The fourth-order valence-electron chi connectivity index (χ4n) is 3.33. The van der Waals surface area contributed by atoms with Crippen LogP contribution in [0.25, 0.3) is 0 Å². The number of carbonyl (C=O) groups is 1. The minimum absolute atomic E-state index is 0.325. The molecular formula is C14H26N2O2. The summed E-state index contributed by atoms with van der Waals surface area (Å²) in [6.07, 6.45) is 6.07. The monoisotopic (exact) mass is 254 g/mol. The van der Waals surface area contributed by atoms with Crippen molar-refractivity contribution in [2.75, 3.05) is 26.2 Å². The fraction of sp³-hybridized carbons (Fsp3) is 0.929. The first-order valence-corrected chi connectivity index (χ1v) is 7.36. The predicted molar refractivity (Wildman–Crippen MR) is 71.7 cm³/mol. The summed E-state index contributed by atoms with van der Waals surface area (Å²) in [6, 6.07) is 1.46. The molecule has 0 radical (unpaired) electrons. The van der Waals surface area contributed by atoms with E-state index in [1.165, 1.54) is 32.5 Å². The second kappa shape index (κ2) is 6.53. The number of piperazine rings is 1. The zero-order chi connectivity index (χ0) is 13.0. The van der Waals surface area contributed by atoms with Gasteiger partial charge in [-0.05, 0) is 45.7 Å². The number of hydrogen-bond acceptors (Lipinski definition) is 3. The van der Waals surface area contributed by atoms with Gasteiger partial charge in [-0.15, -0.1) is 0 Å². The van der Waals surface area contributed by atoms with Crippen molar-refractivity contribution in [1.29, 1.82) is 0 Å². The molecule has 4 nitrogen and oxygen atoms in total. The van der Waals surface area contributed by atoms with Gasteiger partial charge in [-0.3, -0.25) is 14.6 Å². The smallest absolute Gasteiger partial charge is 0.303 e. The van der Waals surface area contributed by atoms with E-state index in [1.54, 1.807) is 0 Å². The number of nitrogens with zero attached hydrogens (tertiary/aromatic N) is 2. The van der Waals surface area contributed by atoms with E-state index >= 15 is 0 Å². The first-order valence-electron chi connectivity index (χ1n) is 7.36. The lowest BCUT2D eigenvalue weighted by Crippen LogP contribution is -2.54. The first kappa shape index (κ1) is 13.8. The average molecular weight is 254 g/mol. The van der Waals surface area contributed by atoms with E-state index in [0.717, 1.165) is 31.8 Å². The standard InChI is InChI=1S/C14H26N2O2/c1-12-10-16-9-5-6-13(16)11-15(12)8-4-2-3-7-14(17)18/h12-13H,2-11H2,1H3,(H,17,18). The summed E-state index contributed by atoms with van der Waals surface area (Å²) in [5.74, 6) is -0.664. The van der Waals surface area contributed by atoms with Gasteiger partial charge in [0.15, 0.2) is 0 Å². The highest BCUT2D eigenvalue weighted by Gasteiger charge is 2.33. The highest BCUT2D eigenvalue weighted by atomic mass is 16.4. The Balaban J connectivity index is 1.64. The van der Waals surface area contributed by atoms with Crippen LogP contribution in [0, 0.1) is 0 Å². The first-order chi connectivity index (χ1) is 8.66. The van der Waals surface area contributed by atoms with Crippen LogP contribution in [0.1, 0.15) is 45.4 Å². The van der Waals surface area contributed by atoms with Gasteiger partial charge in [-0.1, -0.05) is 6.42 Å². The number of rotatable bonds is 6. The second-order valence-corrected chi connectivity index (χ2v) is 5.84. The summed E-state index contributed by atoms with van der Waals surface area (Å²) in [4.78, 5) is 15.7. The Morgan fingerprint density at radius 3 is 2.89 bits per heavy atom. The molecule has 0 aromatic carbocycles. The topological polar surface area (TPSA) is 43.8 Å². The third-order valence-electron chi connectivity index (χ3n) is 4.40. The van der Waals surface area contributed by atoms with E-state index < -0.39 is 5.97 Å². The number of hydrogen-bond donors (Lipinski definition) is 1. The van der Waals surface area contributed by atoms with Crippen LogP contribution in [0.5, 0.6) is 0 Å². The quantitative estimate of drug-likeness (QED) is 0.734. The van der Waals surface area contributed by atoms with E-state index in [-0.39, 0.29) is 0 Å². The molecule has 18 heavy (non-hydrogen) atoms. The lowest BCUT2D eigenvalue weighted by Gasteiger charge is -2.42. The molecule has 0 bridgehead atoms. The average Bonchev–Trinajstić information content (AvgIpc) is 2.75. The number of unbranched alkanes of at least 4 members (excludes halogenated alkanes) is 2. The molecule has 0 aromatic rings. The Morgan fingerprint density at radius 2 is 2.11 bits per heavy atom. The Hall–Kier alpha value is -0.610. The summed E-state index contributed by atoms with van der Waals surface area (Å²) >= 11 is 0. The van der Waals surface area contributed by atoms with Crippen LogP contribution in [0.3, 0.4) is 0 Å². The van der Waals surface area contributed by atoms with E-state index in [1.807, 2.05) is 0 Å². The van der Waals surface area contributed by atoms with Crippen molar-refractivity contribution in [3.05, 3.63) is 0 Å². The number of carboxylic acid groups (broad SMARTS) is 1. The van der Waals surface area contributed by atoms with Crippen LogP contribution >= 0.6 is 0 Å². The third kappa shape index (κ3) is 3.69. The van der Waals surface area contributed by atoms with E-state index in [0.29, 0.717) is 12.5 Å². The SMILES string of the molecule is CC1CN2CCCC2CN1CCCCCC(=O)O. The van der Waals surface area contributed by atoms with Crippen LogP contribution in [-0.4, -0.2) is 59.1 Å². The van der Waals surface area contributed by atoms with Crippen molar-refractivity contribution in [3.8, 4) is 0 Å². The maximum Gasteiger partial charge on any atom is 0.303 e. The van der Waals surface area contributed by atoms with Gasteiger partial charge >= 0.3 is 5.97 Å². The molecule has 2 aliphatic rings. The molecule has 2 heterocycles. The molecule has 2 atom stereocenters. The van der Waals surface area contributed by atoms with E-state index in [4.69, 9.17) is 5.11 Å². The van der Waals surface area contributed by atoms with Crippen LogP contribution in [0.4, 0.5) is 0 Å². The number of carboxylic acids is 1. The van der Waals surface area contributed by atoms with Gasteiger partial charge in [0.05, 0.1) is 0 Å². The van der Waals surface area contributed by atoms with Gasteiger partial charge in [-0.25, -0.2) is 0 Å². The molecule has 2 fully saturated rings. The number of fused-ring (bicyclic) bond motifs is 1. The molecule has 0 saturated carbocycles. The van der Waals surface area contributed by atoms with Crippen molar-refractivity contribution in [2.45, 2.75) is 57.5 Å². The molecule has 0 aliphatic carbocycles. The van der Waals surface area contributed by atoms with Crippen LogP contribution < -0.4 is 0 Å². The molecule has 4 heteroatoms. The van der Waals surface area contributed by atoms with Gasteiger partial charge in [0.2, 0.25) is 0 Å². The normalized spacial score (nSPS) is 29.4. The molecule has 104 valence electrons. The van der Waals surface area contributed by atoms with Gasteiger partial charge in [0, 0.05) is 31.6 Å². The fourth-order valence-corrected chi connectivity index (χ4v) is 3.33. The largest absolute Gasteiger partial charge is 0.481 e. The summed E-state index contributed by atoms with van der Waals surface area (Å²) in [5, 5.41) is 8.59. The minimum atomic E-state index is -0.664. The van der Waals surface area contributed by atoms with Gasteiger partial charge in [0.25, 0.3) is 0 Å². The van der Waals surface area contributed by atoms with Crippen LogP contribution in [0.15, 0.2) is 0 Å². The molecule has 1 N–H and O–H groups in total. The van der Waals surface area contributed by atoms with Crippen molar-refractivity contribution >= 4 is 5.97 Å². The molecule has 2 rings (SSSR count). The maximum atomic E-state index is 10.4. The highest BCUT2D eigenvalue weighted by molar-refractivity contribution is 5.66. The van der Waals surface area contributed by atoms with E-state index in [2.05, 4.69) is 16.7 Å². The van der Waals surface area contributed by atoms with Crippen molar-refractivity contribution in [1.82, 2.24) is 9.80 Å². The molecule has 0 aromatic heterocycles. The Kier molecular flexibility index (Phi) is 5.01. The molecule has 2 unspecified atom stereocenters. The predicted octanol–water partition coefficient (Wildman–Crippen LogP) is 1.80. The van der Waals surface area contributed by atoms with Crippen molar-refractivity contribution in [3.63, 3.8) is 0 Å². The molecule has 2 aliphatic heterocycles. The van der Waals surface area contributed by atoms with E-state index in [9.17, 15) is 4.79 Å². The van der Waals surface area contributed by atoms with Crippen molar-refractivity contribution in [2.24, 2.45) is 0 Å². The van der Waals surface area contributed by atoms with Crippen molar-refractivity contribution < 1.29 is 9.90 Å². The number of aliphatic carboxylic acids is 1. The third-order valence-corrected chi connectivity index (χ3v) is 4.40. The summed E-state index contributed by atoms with van der Waals surface area (Å²) in [5.41, 5.74) is 0. The highest BCUT2D eigenvalue weighted by Crippen LogP contribution is 2.24. The minimum Gasteiger partial charge on any atom is -0.481 e. The van der Waals surface area contributed by atoms with Gasteiger partial charge in [0.1, 0.15) is 0 Å². The summed E-state index contributed by atoms with van der Waals surface area (Å²) < 4.78 is 0. The van der Waals surface area contributed by atoms with Crippen LogP contribution in [0.2, 0.25) is 0 Å². The molecule has 2 saturated heterocycles. The molecular weight excluding hydrogens is 228 g/mol. The lowest BCUT2D eigenvalue weighted by atomic mass is 10.1. The second-order valence-electron chi connectivity index (χ2n) is 5.84.